The normalized spacial score (nSPS) is 11.3. The van der Waals surface area contributed by atoms with Crippen LogP contribution in [0.3, 0.4) is 0 Å². The molecule has 0 amide bonds. The zero-order valence-corrected chi connectivity index (χ0v) is 25.4. The average molecular weight is 550 g/mol. The fourth-order valence-corrected chi connectivity index (χ4v) is 7.40. The third-order valence-corrected chi connectivity index (χ3v) is 10.1. The second-order valence-electron chi connectivity index (χ2n) is 11.2. The van der Waals surface area contributed by atoms with E-state index in [0.717, 1.165) is 33.9 Å². The second kappa shape index (κ2) is 10.5. The van der Waals surface area contributed by atoms with Gasteiger partial charge < -0.3 is 0 Å². The molecule has 0 radical (unpaired) electrons. The molecular weight excluding hydrogens is 523 g/mol. The molecule has 0 unspecified atom stereocenters. The van der Waals surface area contributed by atoms with Crippen molar-refractivity contribution in [3.63, 3.8) is 0 Å². The molecule has 0 saturated carbocycles. The lowest BCUT2D eigenvalue weighted by Gasteiger charge is -2.20. The van der Waals surface area contributed by atoms with Crippen LogP contribution in [0.2, 0.25) is 0 Å². The first kappa shape index (κ1) is 26.6. The van der Waals surface area contributed by atoms with E-state index in [9.17, 15) is 0 Å². The van der Waals surface area contributed by atoms with Crippen LogP contribution in [0, 0.1) is 0 Å². The molecule has 7 aromatic rings. The Morgan fingerprint density at radius 1 is 0.476 bits per heavy atom. The molecule has 2 heterocycles. The van der Waals surface area contributed by atoms with Crippen LogP contribution < -0.4 is 27.3 Å². The van der Waals surface area contributed by atoms with Gasteiger partial charge in [-0.2, -0.15) is 0 Å². The molecule has 0 aliphatic rings. The first-order valence-electron chi connectivity index (χ1n) is 14.4. The highest BCUT2D eigenvalue weighted by Gasteiger charge is 2.18. The van der Waals surface area contributed by atoms with Crippen LogP contribution in [0.4, 0.5) is 0 Å². The number of thiophene rings is 1. The molecule has 0 N–H and O–H groups in total. The Kier molecular flexibility index (Phi) is 6.67. The first-order valence-corrected chi connectivity index (χ1v) is 15.2. The summed E-state index contributed by atoms with van der Waals surface area (Å²) in [6.07, 6.45) is 0. The molecule has 5 aromatic carbocycles. The molecule has 8 heteroatoms. The number of benzene rings is 5. The van der Waals surface area contributed by atoms with Gasteiger partial charge in [0.05, 0.1) is 11.4 Å². The molecule has 2 aromatic heterocycles. The van der Waals surface area contributed by atoms with E-state index in [0.29, 0.717) is 0 Å². The Labute approximate surface area is 255 Å². The van der Waals surface area contributed by atoms with E-state index >= 15 is 0 Å². The number of hydrogen-bond donors (Lipinski definition) is 0. The highest BCUT2D eigenvalue weighted by molar-refractivity contribution is 7.26. The number of fused-ring (bicyclic) bond motifs is 3. The molecule has 42 heavy (non-hydrogen) atoms. The van der Waals surface area contributed by atoms with Gasteiger partial charge in [0.2, 0.25) is 0 Å². The van der Waals surface area contributed by atoms with Gasteiger partial charge in [0.15, 0.2) is 5.82 Å². The second-order valence-corrected chi connectivity index (χ2v) is 12.2. The lowest BCUT2D eigenvalue weighted by molar-refractivity contribution is 1.19. The van der Waals surface area contributed by atoms with Crippen molar-refractivity contribution in [2.45, 2.75) is 0 Å². The SMILES string of the molecule is Bc1c(B)c(B)c(-c2ccc3c(c2)sc2c(-c4nc(-c5ccccc5)cc(-c5ccccc5)n4)cccc23)c(B)c1B. The van der Waals surface area contributed by atoms with Crippen LogP contribution in [0.5, 0.6) is 0 Å². The van der Waals surface area contributed by atoms with Gasteiger partial charge in [-0.3, -0.25) is 0 Å². The lowest BCUT2D eigenvalue weighted by atomic mass is 9.59. The third kappa shape index (κ3) is 4.42. The number of aromatic nitrogens is 2. The van der Waals surface area contributed by atoms with Gasteiger partial charge in [0, 0.05) is 36.9 Å². The number of rotatable bonds is 4. The Morgan fingerprint density at radius 3 is 1.64 bits per heavy atom. The summed E-state index contributed by atoms with van der Waals surface area (Å²) in [5.74, 6) is 0.754. The highest BCUT2D eigenvalue weighted by Crippen LogP contribution is 2.41. The van der Waals surface area contributed by atoms with E-state index < -0.39 is 0 Å². The van der Waals surface area contributed by atoms with Gasteiger partial charge in [-0.25, -0.2) is 9.97 Å². The van der Waals surface area contributed by atoms with Crippen LogP contribution in [0.15, 0.2) is 103 Å². The van der Waals surface area contributed by atoms with Crippen molar-refractivity contribution in [3.8, 4) is 45.0 Å². The van der Waals surface area contributed by atoms with E-state index in [2.05, 4.69) is 130 Å². The Bertz CT molecular complexity index is 2060. The van der Waals surface area contributed by atoms with Gasteiger partial charge in [-0.15, -0.1) is 27.7 Å². The summed E-state index contributed by atoms with van der Waals surface area (Å²) < 4.78 is 2.51. The predicted octanol–water partition coefficient (Wildman–Crippen LogP) is 0.805. The van der Waals surface area contributed by atoms with Gasteiger partial charge in [-0.05, 0) is 29.3 Å². The summed E-state index contributed by atoms with van der Waals surface area (Å²) in [6, 6.07) is 36.4. The molecule has 0 fully saturated rings. The Hall–Kier alpha value is -4.28. The zero-order chi connectivity index (χ0) is 29.0. The van der Waals surface area contributed by atoms with Crippen molar-refractivity contribution in [2.75, 3.05) is 0 Å². The third-order valence-electron chi connectivity index (χ3n) is 8.89. The minimum absolute atomic E-state index is 0.754. The molecule has 0 saturated heterocycles. The Balaban J connectivity index is 1.44. The summed E-state index contributed by atoms with van der Waals surface area (Å²) in [7, 11) is 11.3. The van der Waals surface area contributed by atoms with E-state index in [4.69, 9.17) is 9.97 Å². The van der Waals surface area contributed by atoms with Crippen molar-refractivity contribution < 1.29 is 0 Å². The summed E-state index contributed by atoms with van der Waals surface area (Å²) in [5, 5.41) is 2.53. The fraction of sp³-hybridized carbons (Fsp3) is 0. The maximum Gasteiger partial charge on any atom is 0.161 e. The molecule has 0 aliphatic heterocycles. The quantitative estimate of drug-likeness (QED) is 0.304. The van der Waals surface area contributed by atoms with Crippen molar-refractivity contribution in [2.24, 2.45) is 0 Å². The lowest BCUT2D eigenvalue weighted by Crippen LogP contribution is -2.55. The molecule has 0 bridgehead atoms. The van der Waals surface area contributed by atoms with Gasteiger partial charge in [0.25, 0.3) is 0 Å². The smallest absolute Gasteiger partial charge is 0.161 e. The monoisotopic (exact) mass is 550 g/mol. The van der Waals surface area contributed by atoms with Gasteiger partial charge in [0.1, 0.15) is 39.2 Å². The zero-order valence-electron chi connectivity index (χ0n) is 24.6. The Morgan fingerprint density at radius 2 is 1.05 bits per heavy atom. The molecular formula is C34H27B5N2S. The van der Waals surface area contributed by atoms with Crippen molar-refractivity contribution in [1.29, 1.82) is 0 Å². The standard InChI is InChI=1S/C34H27B5N2S/c35-28-27(29(36)31(38)32(39)30(28)37)20-14-15-21-22-12-7-13-23(33(22)42-26(21)16-20)34-40-24(18-8-3-1-4-9-18)17-25(41-34)19-10-5-2-6-11-19/h1-17H,35-39H2. The van der Waals surface area contributed by atoms with E-state index in [1.807, 2.05) is 23.5 Å². The minimum atomic E-state index is 0.754. The first-order chi connectivity index (χ1) is 20.4. The molecule has 0 aliphatic carbocycles. The van der Waals surface area contributed by atoms with Crippen molar-refractivity contribution >= 4 is 98.1 Å². The largest absolute Gasteiger partial charge is 0.228 e. The van der Waals surface area contributed by atoms with Crippen LogP contribution in [0.25, 0.3) is 65.2 Å². The molecule has 2 nitrogen and oxygen atoms in total. The summed E-state index contributed by atoms with van der Waals surface area (Å²) in [5.41, 5.74) is 14.6. The predicted molar refractivity (Wildman–Crippen MR) is 198 cm³/mol. The summed E-state index contributed by atoms with van der Waals surface area (Å²) in [6.45, 7) is 0. The van der Waals surface area contributed by atoms with E-state index in [-0.39, 0.29) is 0 Å². The summed E-state index contributed by atoms with van der Waals surface area (Å²) in [4.78, 5) is 10.3. The van der Waals surface area contributed by atoms with Gasteiger partial charge >= 0.3 is 0 Å². The fourth-order valence-electron chi connectivity index (χ4n) is 6.14. The van der Waals surface area contributed by atoms with E-state index in [1.54, 1.807) is 0 Å². The minimum Gasteiger partial charge on any atom is -0.228 e. The maximum atomic E-state index is 5.13. The van der Waals surface area contributed by atoms with Crippen molar-refractivity contribution in [3.05, 3.63) is 103 Å². The molecule has 0 atom stereocenters. The molecule has 7 rings (SSSR count). The molecule has 194 valence electrons. The summed E-state index contributed by atoms with van der Waals surface area (Å²) >= 11 is 1.84. The van der Waals surface area contributed by atoms with Crippen LogP contribution in [-0.4, -0.2) is 49.2 Å². The van der Waals surface area contributed by atoms with Crippen LogP contribution in [-0.2, 0) is 0 Å². The van der Waals surface area contributed by atoms with E-state index in [1.165, 1.54) is 58.6 Å². The number of nitrogens with zero attached hydrogens (tertiary/aromatic N) is 2. The van der Waals surface area contributed by atoms with Crippen molar-refractivity contribution in [1.82, 2.24) is 9.97 Å². The number of hydrogen-bond acceptors (Lipinski definition) is 3. The average Bonchev–Trinajstić information content (AvgIpc) is 3.42. The van der Waals surface area contributed by atoms with Crippen LogP contribution in [0.1, 0.15) is 0 Å². The maximum absolute atomic E-state index is 5.13. The topological polar surface area (TPSA) is 25.8 Å². The van der Waals surface area contributed by atoms with Gasteiger partial charge in [-0.1, -0.05) is 95.9 Å². The highest BCUT2D eigenvalue weighted by atomic mass is 32.1. The molecule has 0 spiro atoms. The van der Waals surface area contributed by atoms with Crippen LogP contribution >= 0.6 is 11.3 Å².